The molecule has 0 bridgehead atoms. The second kappa shape index (κ2) is 8.60. The van der Waals surface area contributed by atoms with E-state index in [0.717, 1.165) is 10.9 Å². The molecule has 0 aliphatic rings. The Balaban J connectivity index is 1.55. The maximum atomic E-state index is 12.9. The number of aryl methyl sites for hydroxylation is 1. The Morgan fingerprint density at radius 2 is 1.33 bits per heavy atom. The molecule has 5 heteroatoms. The summed E-state index contributed by atoms with van der Waals surface area (Å²) in [5, 5.41) is 0.969. The first-order valence-corrected chi connectivity index (χ1v) is 12.3. The molecule has 0 aliphatic heterocycles. The molecule has 164 valence electrons. The molecule has 0 fully saturated rings. The van der Waals surface area contributed by atoms with E-state index < -0.39 is 10.0 Å². The van der Waals surface area contributed by atoms with E-state index in [4.69, 9.17) is 0 Å². The summed E-state index contributed by atoms with van der Waals surface area (Å²) >= 11 is 0. The lowest BCUT2D eigenvalue weighted by Gasteiger charge is -2.21. The maximum absolute atomic E-state index is 12.9. The second-order valence-electron chi connectivity index (χ2n) is 8.09. The predicted octanol–water partition coefficient (Wildman–Crippen LogP) is 6.39. The molecule has 1 heterocycles. The third-order valence-corrected chi connectivity index (χ3v) is 7.41. The smallest absolute Gasteiger partial charge is 0.262 e. The van der Waals surface area contributed by atoms with Crippen molar-refractivity contribution in [2.24, 2.45) is 0 Å². The Hall–Kier alpha value is -3.83. The average molecular weight is 453 g/mol. The van der Waals surface area contributed by atoms with Crippen LogP contribution in [0.2, 0.25) is 0 Å². The molecule has 4 aromatic carbocycles. The zero-order valence-electron chi connectivity index (χ0n) is 18.2. The van der Waals surface area contributed by atoms with Gasteiger partial charge in [-0.25, -0.2) is 8.42 Å². The number of nitrogens with zero attached hydrogens (tertiary/aromatic N) is 1. The van der Waals surface area contributed by atoms with Crippen molar-refractivity contribution in [2.45, 2.75) is 17.9 Å². The zero-order valence-corrected chi connectivity index (χ0v) is 19.0. The van der Waals surface area contributed by atoms with Gasteiger partial charge in [0.25, 0.3) is 10.0 Å². The number of benzene rings is 4. The highest BCUT2D eigenvalue weighted by atomic mass is 32.2. The third-order valence-electron chi connectivity index (χ3n) is 5.86. The molecule has 0 spiro atoms. The fourth-order valence-corrected chi connectivity index (χ4v) is 5.60. The number of hydrogen-bond donors (Lipinski definition) is 1. The standard InChI is InChI=1S/C28H24N2O2S/c1-21-10-8-9-15-27(21)33(31,32)29-25-16-17-26-24(20-25)18-19-30(26)28(22-11-4-2-5-12-22)23-13-6-3-7-14-23/h2-20,28-29H,1H3. The fraction of sp³-hybridized carbons (Fsp3) is 0.0714. The summed E-state index contributed by atoms with van der Waals surface area (Å²) in [6, 6.07) is 35.5. The summed E-state index contributed by atoms with van der Waals surface area (Å²) in [5.74, 6) is 0. The van der Waals surface area contributed by atoms with E-state index in [-0.39, 0.29) is 10.9 Å². The average Bonchev–Trinajstić information content (AvgIpc) is 3.23. The molecule has 0 saturated heterocycles. The number of hydrogen-bond acceptors (Lipinski definition) is 2. The molecule has 1 N–H and O–H groups in total. The Labute approximate surface area is 194 Å². The van der Waals surface area contributed by atoms with Crippen LogP contribution in [-0.2, 0) is 10.0 Å². The lowest BCUT2D eigenvalue weighted by molar-refractivity contribution is 0.600. The molecule has 33 heavy (non-hydrogen) atoms. The van der Waals surface area contributed by atoms with Gasteiger partial charge in [-0.3, -0.25) is 4.72 Å². The fourth-order valence-electron chi connectivity index (χ4n) is 4.31. The van der Waals surface area contributed by atoms with Gasteiger partial charge in [-0.15, -0.1) is 0 Å². The van der Waals surface area contributed by atoms with Crippen LogP contribution in [-0.4, -0.2) is 13.0 Å². The van der Waals surface area contributed by atoms with E-state index in [0.29, 0.717) is 11.3 Å². The van der Waals surface area contributed by atoms with Crippen LogP contribution in [0.5, 0.6) is 0 Å². The van der Waals surface area contributed by atoms with Gasteiger partial charge in [-0.1, -0.05) is 78.9 Å². The minimum Gasteiger partial charge on any atom is -0.336 e. The Kier molecular flexibility index (Phi) is 5.48. The van der Waals surface area contributed by atoms with Crippen molar-refractivity contribution < 1.29 is 8.42 Å². The minimum atomic E-state index is -3.66. The van der Waals surface area contributed by atoms with Gasteiger partial charge in [0.15, 0.2) is 0 Å². The van der Waals surface area contributed by atoms with Gasteiger partial charge in [0, 0.05) is 22.8 Å². The van der Waals surface area contributed by atoms with Gasteiger partial charge in [0.05, 0.1) is 10.9 Å². The molecule has 0 atom stereocenters. The molecular weight excluding hydrogens is 428 g/mol. The van der Waals surface area contributed by atoms with Crippen LogP contribution in [0.3, 0.4) is 0 Å². The molecule has 5 aromatic rings. The van der Waals surface area contributed by atoms with Crippen LogP contribution in [0.1, 0.15) is 22.7 Å². The highest BCUT2D eigenvalue weighted by Crippen LogP contribution is 2.32. The lowest BCUT2D eigenvalue weighted by Crippen LogP contribution is -2.14. The zero-order chi connectivity index (χ0) is 22.8. The van der Waals surface area contributed by atoms with E-state index >= 15 is 0 Å². The van der Waals surface area contributed by atoms with Gasteiger partial charge in [0.2, 0.25) is 0 Å². The summed E-state index contributed by atoms with van der Waals surface area (Å²) in [4.78, 5) is 0.288. The molecular formula is C28H24N2O2S. The highest BCUT2D eigenvalue weighted by Gasteiger charge is 2.19. The van der Waals surface area contributed by atoms with Crippen molar-refractivity contribution in [1.82, 2.24) is 4.57 Å². The summed E-state index contributed by atoms with van der Waals surface area (Å²) in [6.45, 7) is 1.80. The summed E-state index contributed by atoms with van der Waals surface area (Å²) in [7, 11) is -3.66. The van der Waals surface area contributed by atoms with Gasteiger partial charge in [-0.2, -0.15) is 0 Å². The van der Waals surface area contributed by atoms with Crippen LogP contribution in [0.15, 0.2) is 120 Å². The summed E-state index contributed by atoms with van der Waals surface area (Å²) in [6.07, 6.45) is 2.06. The Bertz CT molecular complexity index is 1470. The van der Waals surface area contributed by atoms with Crippen LogP contribution in [0, 0.1) is 6.92 Å². The van der Waals surface area contributed by atoms with E-state index in [1.807, 2.05) is 42.5 Å². The van der Waals surface area contributed by atoms with E-state index in [9.17, 15) is 8.42 Å². The van der Waals surface area contributed by atoms with Crippen molar-refractivity contribution >= 4 is 26.6 Å². The van der Waals surface area contributed by atoms with Gasteiger partial charge in [-0.05, 0) is 53.9 Å². The Morgan fingerprint density at radius 3 is 1.97 bits per heavy atom. The van der Waals surface area contributed by atoms with Crippen LogP contribution in [0.4, 0.5) is 5.69 Å². The molecule has 4 nitrogen and oxygen atoms in total. The first-order valence-electron chi connectivity index (χ1n) is 10.8. The van der Waals surface area contributed by atoms with Crippen molar-refractivity contribution in [3.63, 3.8) is 0 Å². The van der Waals surface area contributed by atoms with Crippen LogP contribution < -0.4 is 4.72 Å². The van der Waals surface area contributed by atoms with E-state index in [1.54, 1.807) is 25.1 Å². The first-order chi connectivity index (χ1) is 16.0. The number of sulfonamides is 1. The number of fused-ring (bicyclic) bond motifs is 1. The summed E-state index contributed by atoms with van der Waals surface area (Å²) < 4.78 is 30.8. The molecule has 5 rings (SSSR count). The molecule has 0 unspecified atom stereocenters. The van der Waals surface area contributed by atoms with Gasteiger partial charge in [0.1, 0.15) is 0 Å². The number of aromatic nitrogens is 1. The number of anilines is 1. The number of rotatable bonds is 6. The Morgan fingerprint density at radius 1 is 0.727 bits per heavy atom. The van der Waals surface area contributed by atoms with Gasteiger partial charge < -0.3 is 4.57 Å². The predicted molar refractivity (Wildman–Crippen MR) is 134 cm³/mol. The van der Waals surface area contributed by atoms with Crippen molar-refractivity contribution in [2.75, 3.05) is 4.72 Å². The van der Waals surface area contributed by atoms with Crippen LogP contribution in [0.25, 0.3) is 10.9 Å². The van der Waals surface area contributed by atoms with Gasteiger partial charge >= 0.3 is 0 Å². The normalized spacial score (nSPS) is 11.7. The second-order valence-corrected chi connectivity index (χ2v) is 9.74. The van der Waals surface area contributed by atoms with E-state index in [2.05, 4.69) is 64.0 Å². The minimum absolute atomic E-state index is 0.0133. The molecule has 0 saturated carbocycles. The van der Waals surface area contributed by atoms with Crippen molar-refractivity contribution in [1.29, 1.82) is 0 Å². The lowest BCUT2D eigenvalue weighted by atomic mass is 9.98. The summed E-state index contributed by atoms with van der Waals surface area (Å²) in [5.41, 5.74) is 4.66. The molecule has 1 aromatic heterocycles. The van der Waals surface area contributed by atoms with Crippen LogP contribution >= 0.6 is 0 Å². The third kappa shape index (κ3) is 4.15. The van der Waals surface area contributed by atoms with Crippen molar-refractivity contribution in [3.8, 4) is 0 Å². The van der Waals surface area contributed by atoms with E-state index in [1.165, 1.54) is 11.1 Å². The first kappa shape index (κ1) is 21.0. The topological polar surface area (TPSA) is 51.1 Å². The maximum Gasteiger partial charge on any atom is 0.262 e. The quantitative estimate of drug-likeness (QED) is 0.325. The monoisotopic (exact) mass is 452 g/mol. The highest BCUT2D eigenvalue weighted by molar-refractivity contribution is 7.92. The van der Waals surface area contributed by atoms with Crippen molar-refractivity contribution in [3.05, 3.63) is 132 Å². The largest absolute Gasteiger partial charge is 0.336 e. The SMILES string of the molecule is Cc1ccccc1S(=O)(=O)Nc1ccc2c(ccn2C(c2ccccc2)c2ccccc2)c1. The molecule has 0 radical (unpaired) electrons. The number of nitrogens with one attached hydrogen (secondary N) is 1. The molecule has 0 amide bonds. The molecule has 0 aliphatic carbocycles.